The predicted octanol–water partition coefficient (Wildman–Crippen LogP) is 1.66. The van der Waals surface area contributed by atoms with E-state index < -0.39 is 0 Å². The molecule has 1 unspecified atom stereocenters. The fourth-order valence-electron chi connectivity index (χ4n) is 3.33. The van der Waals surface area contributed by atoms with E-state index in [1.165, 1.54) is 6.42 Å². The van der Waals surface area contributed by atoms with Crippen molar-refractivity contribution in [1.82, 2.24) is 9.80 Å². The van der Waals surface area contributed by atoms with Crippen LogP contribution >= 0.6 is 0 Å². The Morgan fingerprint density at radius 2 is 2.19 bits per heavy atom. The molecule has 0 aromatic heterocycles. The molecule has 2 aliphatic heterocycles. The van der Waals surface area contributed by atoms with Gasteiger partial charge in [0, 0.05) is 52.7 Å². The van der Waals surface area contributed by atoms with E-state index in [0.717, 1.165) is 58.5 Å². The van der Waals surface area contributed by atoms with Crippen LogP contribution in [0.25, 0.3) is 0 Å². The van der Waals surface area contributed by atoms with Crippen molar-refractivity contribution in [2.24, 2.45) is 5.92 Å². The third kappa shape index (κ3) is 4.99. The molecule has 2 saturated heterocycles. The standard InChI is InChI=1S/C16H28N2O3/c1-21-12-8-14-5-2-11-18(13-14)16(20)7-4-10-17-9-3-6-15(17)19/h14H,2-13H2,1H3. The molecule has 2 aliphatic rings. The maximum Gasteiger partial charge on any atom is 0.222 e. The molecule has 0 saturated carbocycles. The van der Waals surface area contributed by atoms with Gasteiger partial charge in [0.15, 0.2) is 0 Å². The Balaban J connectivity index is 1.66. The van der Waals surface area contributed by atoms with Gasteiger partial charge in [-0.3, -0.25) is 9.59 Å². The minimum atomic E-state index is 0.250. The Labute approximate surface area is 127 Å². The number of methoxy groups -OCH3 is 1. The van der Waals surface area contributed by atoms with Crippen LogP contribution in [0.2, 0.25) is 0 Å². The number of nitrogens with zero attached hydrogens (tertiary/aromatic N) is 2. The summed E-state index contributed by atoms with van der Waals surface area (Å²) >= 11 is 0. The van der Waals surface area contributed by atoms with Crippen LogP contribution in [0.3, 0.4) is 0 Å². The summed E-state index contributed by atoms with van der Waals surface area (Å²) in [6, 6.07) is 0. The van der Waals surface area contributed by atoms with E-state index in [0.29, 0.717) is 18.8 Å². The first-order chi connectivity index (χ1) is 10.2. The molecule has 120 valence electrons. The van der Waals surface area contributed by atoms with E-state index in [-0.39, 0.29) is 11.8 Å². The Morgan fingerprint density at radius 1 is 1.33 bits per heavy atom. The monoisotopic (exact) mass is 296 g/mol. The third-order valence-electron chi connectivity index (χ3n) is 4.59. The second kappa shape index (κ2) is 8.37. The fraction of sp³-hybridized carbons (Fsp3) is 0.875. The van der Waals surface area contributed by atoms with Crippen molar-refractivity contribution in [3.8, 4) is 0 Å². The highest BCUT2D eigenvalue weighted by Gasteiger charge is 2.24. The van der Waals surface area contributed by atoms with E-state index in [1.807, 2.05) is 9.80 Å². The number of rotatable bonds is 7. The highest BCUT2D eigenvalue weighted by molar-refractivity contribution is 5.78. The summed E-state index contributed by atoms with van der Waals surface area (Å²) in [5.74, 6) is 1.09. The first-order valence-electron chi connectivity index (χ1n) is 8.25. The molecule has 5 nitrogen and oxygen atoms in total. The molecule has 0 aliphatic carbocycles. The summed E-state index contributed by atoms with van der Waals surface area (Å²) in [6.45, 7) is 4.17. The molecule has 0 aromatic carbocycles. The molecular formula is C16H28N2O3. The fourth-order valence-corrected chi connectivity index (χ4v) is 3.33. The van der Waals surface area contributed by atoms with Crippen molar-refractivity contribution in [3.63, 3.8) is 0 Å². The van der Waals surface area contributed by atoms with E-state index in [1.54, 1.807) is 7.11 Å². The molecule has 0 radical (unpaired) electrons. The third-order valence-corrected chi connectivity index (χ3v) is 4.59. The molecule has 21 heavy (non-hydrogen) atoms. The lowest BCUT2D eigenvalue weighted by atomic mass is 9.95. The zero-order valence-corrected chi connectivity index (χ0v) is 13.2. The van der Waals surface area contributed by atoms with Gasteiger partial charge in [-0.1, -0.05) is 0 Å². The largest absolute Gasteiger partial charge is 0.385 e. The molecule has 2 amide bonds. The average molecular weight is 296 g/mol. The van der Waals surface area contributed by atoms with Gasteiger partial charge in [-0.25, -0.2) is 0 Å². The summed E-state index contributed by atoms with van der Waals surface area (Å²) in [4.78, 5) is 27.7. The molecule has 0 aromatic rings. The van der Waals surface area contributed by atoms with Gasteiger partial charge in [0.2, 0.25) is 11.8 Å². The predicted molar refractivity (Wildman–Crippen MR) is 80.8 cm³/mol. The number of carbonyl (C=O) groups is 2. The smallest absolute Gasteiger partial charge is 0.222 e. The first kappa shape index (κ1) is 16.3. The minimum Gasteiger partial charge on any atom is -0.385 e. The van der Waals surface area contributed by atoms with Crippen molar-refractivity contribution in [2.45, 2.75) is 44.9 Å². The van der Waals surface area contributed by atoms with E-state index >= 15 is 0 Å². The highest BCUT2D eigenvalue weighted by Crippen LogP contribution is 2.20. The number of piperidine rings is 1. The van der Waals surface area contributed by atoms with Crippen LogP contribution in [-0.2, 0) is 14.3 Å². The van der Waals surface area contributed by atoms with Gasteiger partial charge >= 0.3 is 0 Å². The quantitative estimate of drug-likeness (QED) is 0.718. The van der Waals surface area contributed by atoms with Crippen molar-refractivity contribution in [2.75, 3.05) is 39.9 Å². The molecule has 0 spiro atoms. The van der Waals surface area contributed by atoms with Crippen LogP contribution in [0.15, 0.2) is 0 Å². The van der Waals surface area contributed by atoms with Gasteiger partial charge in [-0.2, -0.15) is 0 Å². The summed E-state index contributed by atoms with van der Waals surface area (Å²) in [7, 11) is 1.73. The molecule has 1 atom stereocenters. The molecule has 2 heterocycles. The van der Waals surface area contributed by atoms with Gasteiger partial charge in [0.05, 0.1) is 0 Å². The van der Waals surface area contributed by atoms with Crippen molar-refractivity contribution >= 4 is 11.8 Å². The van der Waals surface area contributed by atoms with E-state index in [2.05, 4.69) is 0 Å². The molecule has 0 N–H and O–H groups in total. The number of ether oxygens (including phenoxy) is 1. The average Bonchev–Trinajstić information content (AvgIpc) is 2.91. The van der Waals surface area contributed by atoms with Crippen molar-refractivity contribution in [1.29, 1.82) is 0 Å². The molecule has 5 heteroatoms. The Hall–Kier alpha value is -1.10. The summed E-state index contributed by atoms with van der Waals surface area (Å²) in [5.41, 5.74) is 0. The van der Waals surface area contributed by atoms with Crippen LogP contribution in [-0.4, -0.2) is 61.5 Å². The van der Waals surface area contributed by atoms with Gasteiger partial charge in [0.1, 0.15) is 0 Å². The second-order valence-electron chi connectivity index (χ2n) is 6.22. The Morgan fingerprint density at radius 3 is 2.90 bits per heavy atom. The van der Waals surface area contributed by atoms with Crippen molar-refractivity contribution < 1.29 is 14.3 Å². The number of hydrogen-bond acceptors (Lipinski definition) is 3. The number of hydrogen-bond donors (Lipinski definition) is 0. The molecule has 2 fully saturated rings. The molecule has 2 rings (SSSR count). The lowest BCUT2D eigenvalue weighted by molar-refractivity contribution is -0.134. The summed E-state index contributed by atoms with van der Waals surface area (Å²) < 4.78 is 5.13. The SMILES string of the molecule is COCCC1CCCN(C(=O)CCCN2CCCC2=O)C1. The van der Waals surface area contributed by atoms with Gasteiger partial charge < -0.3 is 14.5 Å². The van der Waals surface area contributed by atoms with Crippen LogP contribution in [0, 0.1) is 5.92 Å². The normalized spacial score (nSPS) is 22.9. The number of carbonyl (C=O) groups excluding carboxylic acids is 2. The zero-order chi connectivity index (χ0) is 15.1. The highest BCUT2D eigenvalue weighted by atomic mass is 16.5. The summed E-state index contributed by atoms with van der Waals surface area (Å²) in [5, 5.41) is 0. The van der Waals surface area contributed by atoms with Crippen LogP contribution in [0.4, 0.5) is 0 Å². The lowest BCUT2D eigenvalue weighted by Gasteiger charge is -2.33. The molecule has 0 bridgehead atoms. The number of likely N-dealkylation sites (tertiary alicyclic amines) is 2. The maximum atomic E-state index is 12.3. The second-order valence-corrected chi connectivity index (χ2v) is 6.22. The van der Waals surface area contributed by atoms with Gasteiger partial charge in [0.25, 0.3) is 0 Å². The number of amides is 2. The first-order valence-corrected chi connectivity index (χ1v) is 8.25. The minimum absolute atomic E-state index is 0.250. The van der Waals surface area contributed by atoms with Crippen LogP contribution < -0.4 is 0 Å². The summed E-state index contributed by atoms with van der Waals surface area (Å²) in [6.07, 6.45) is 6.37. The van der Waals surface area contributed by atoms with E-state index in [9.17, 15) is 9.59 Å². The molecular weight excluding hydrogens is 268 g/mol. The Kier molecular flexibility index (Phi) is 6.49. The van der Waals surface area contributed by atoms with Crippen LogP contribution in [0.5, 0.6) is 0 Å². The zero-order valence-electron chi connectivity index (χ0n) is 13.2. The lowest BCUT2D eigenvalue weighted by Crippen LogP contribution is -2.40. The maximum absolute atomic E-state index is 12.3. The van der Waals surface area contributed by atoms with Crippen molar-refractivity contribution in [3.05, 3.63) is 0 Å². The topological polar surface area (TPSA) is 49.9 Å². The van der Waals surface area contributed by atoms with Crippen LogP contribution in [0.1, 0.15) is 44.9 Å². The Bertz CT molecular complexity index is 359. The van der Waals surface area contributed by atoms with Gasteiger partial charge in [-0.15, -0.1) is 0 Å². The van der Waals surface area contributed by atoms with E-state index in [4.69, 9.17) is 4.74 Å². The van der Waals surface area contributed by atoms with Gasteiger partial charge in [-0.05, 0) is 38.0 Å².